The van der Waals surface area contributed by atoms with Crippen molar-refractivity contribution < 1.29 is 0 Å². The molecule has 14 rings (SSSR count). The first-order chi connectivity index (χ1) is 34.7. The zero-order chi connectivity index (χ0) is 46.2. The topological polar surface area (TPSA) is 8.17 Å². The van der Waals surface area contributed by atoms with E-state index < -0.39 is 5.41 Å². The van der Waals surface area contributed by atoms with Crippen molar-refractivity contribution in [2.45, 2.75) is 15.2 Å². The third-order valence-electron chi connectivity index (χ3n) is 14.7. The lowest BCUT2D eigenvalue weighted by molar-refractivity contribution is 0.724. The minimum atomic E-state index is -0.453. The van der Waals surface area contributed by atoms with E-state index in [1.165, 1.54) is 92.8 Å². The molecule has 1 aliphatic carbocycles. The lowest BCUT2D eigenvalue weighted by Crippen LogP contribution is -2.32. The Morgan fingerprint density at radius 3 is 1.54 bits per heavy atom. The number of rotatable bonds is 7. The van der Waals surface area contributed by atoms with Gasteiger partial charge in [0.2, 0.25) is 0 Å². The number of benzene rings is 11. The summed E-state index contributed by atoms with van der Waals surface area (Å²) >= 11 is 1.89. The van der Waals surface area contributed by atoms with Crippen molar-refractivity contribution in [3.05, 3.63) is 289 Å². The van der Waals surface area contributed by atoms with Gasteiger partial charge < -0.3 is 9.47 Å². The molecule has 0 N–H and O–H groups in total. The third-order valence-corrected chi connectivity index (χ3v) is 15.8. The maximum atomic E-state index is 2.44. The zero-order valence-electron chi connectivity index (χ0n) is 38.2. The molecule has 0 saturated carbocycles. The number of fused-ring (bicyclic) bond motifs is 12. The second kappa shape index (κ2) is 16.3. The molecule has 0 bridgehead atoms. The van der Waals surface area contributed by atoms with Crippen LogP contribution in [0.15, 0.2) is 277 Å². The SMILES string of the molecule is c1ccc(-c2ccc(N(c3ccccc3)c3ccc4c5c(-c6ccc(-c7cccc8c7C7(c9ccccc9Sc9ccccc97)c7ccccc7-8)cc6)cccc5n(-c5ccccc5)c4c3)cc2)cc1. The minimum Gasteiger partial charge on any atom is -0.310 e. The molecule has 0 unspecified atom stereocenters. The van der Waals surface area contributed by atoms with Crippen molar-refractivity contribution in [3.8, 4) is 50.2 Å². The van der Waals surface area contributed by atoms with Crippen molar-refractivity contribution in [2.75, 3.05) is 4.90 Å². The second-order valence-electron chi connectivity index (χ2n) is 18.4. The average Bonchev–Trinajstić information content (AvgIpc) is 3.93. The van der Waals surface area contributed by atoms with Gasteiger partial charge in [-0.2, -0.15) is 0 Å². The first-order valence-corrected chi connectivity index (χ1v) is 24.9. The van der Waals surface area contributed by atoms with Crippen LogP contribution in [0, 0.1) is 0 Å². The molecule has 1 aromatic heterocycles. The van der Waals surface area contributed by atoms with Crippen LogP contribution < -0.4 is 4.90 Å². The highest BCUT2D eigenvalue weighted by Gasteiger charge is 2.51. The van der Waals surface area contributed by atoms with Gasteiger partial charge in [-0.05, 0) is 133 Å². The molecule has 1 spiro atoms. The highest BCUT2D eigenvalue weighted by molar-refractivity contribution is 7.99. The van der Waals surface area contributed by atoms with Crippen LogP contribution in [0.5, 0.6) is 0 Å². The van der Waals surface area contributed by atoms with Crippen LogP contribution in [0.25, 0.3) is 72.0 Å². The van der Waals surface area contributed by atoms with Gasteiger partial charge in [0.25, 0.3) is 0 Å². The summed E-state index contributed by atoms with van der Waals surface area (Å²) in [6.07, 6.45) is 0. The predicted molar refractivity (Wildman–Crippen MR) is 293 cm³/mol. The van der Waals surface area contributed by atoms with Crippen LogP contribution in [0.4, 0.5) is 17.1 Å². The molecule has 3 heteroatoms. The summed E-state index contributed by atoms with van der Waals surface area (Å²) in [5, 5.41) is 2.45. The monoisotopic (exact) mass is 908 g/mol. The largest absolute Gasteiger partial charge is 0.310 e. The van der Waals surface area contributed by atoms with Gasteiger partial charge >= 0.3 is 0 Å². The molecule has 0 atom stereocenters. The van der Waals surface area contributed by atoms with E-state index in [1.54, 1.807) is 0 Å². The Morgan fingerprint density at radius 1 is 0.329 bits per heavy atom. The van der Waals surface area contributed by atoms with Crippen LogP contribution in [-0.4, -0.2) is 4.57 Å². The van der Waals surface area contributed by atoms with Crippen molar-refractivity contribution in [3.63, 3.8) is 0 Å². The Balaban J connectivity index is 0.925. The lowest BCUT2D eigenvalue weighted by atomic mass is 9.66. The molecule has 12 aromatic rings. The van der Waals surface area contributed by atoms with Crippen LogP contribution in [0.2, 0.25) is 0 Å². The highest BCUT2D eigenvalue weighted by Crippen LogP contribution is 2.64. The van der Waals surface area contributed by atoms with E-state index in [2.05, 4.69) is 276 Å². The van der Waals surface area contributed by atoms with E-state index in [4.69, 9.17) is 0 Å². The normalized spacial score (nSPS) is 12.9. The number of hydrogen-bond acceptors (Lipinski definition) is 2. The Labute approximate surface area is 412 Å². The Morgan fingerprint density at radius 2 is 0.829 bits per heavy atom. The molecular weight excluding hydrogens is 865 g/mol. The third kappa shape index (κ3) is 6.15. The molecule has 2 heterocycles. The molecule has 70 heavy (non-hydrogen) atoms. The zero-order valence-corrected chi connectivity index (χ0v) is 39.0. The van der Waals surface area contributed by atoms with Crippen LogP contribution in [0.1, 0.15) is 22.3 Å². The van der Waals surface area contributed by atoms with Crippen LogP contribution in [-0.2, 0) is 5.41 Å². The smallest absolute Gasteiger partial charge is 0.0741 e. The maximum absolute atomic E-state index is 2.44. The molecule has 0 fully saturated rings. The van der Waals surface area contributed by atoms with E-state index in [-0.39, 0.29) is 0 Å². The van der Waals surface area contributed by atoms with Crippen molar-refractivity contribution in [1.82, 2.24) is 4.57 Å². The minimum absolute atomic E-state index is 0.453. The molecule has 1 aliphatic heterocycles. The van der Waals surface area contributed by atoms with E-state index in [0.717, 1.165) is 28.3 Å². The summed E-state index contributed by atoms with van der Waals surface area (Å²) in [6, 6.07) is 98.4. The van der Waals surface area contributed by atoms with E-state index >= 15 is 0 Å². The van der Waals surface area contributed by atoms with Gasteiger partial charge in [-0.1, -0.05) is 212 Å². The Bertz CT molecular complexity index is 3900. The number of hydrogen-bond donors (Lipinski definition) is 0. The van der Waals surface area contributed by atoms with E-state index in [9.17, 15) is 0 Å². The number of aromatic nitrogens is 1. The summed E-state index contributed by atoms with van der Waals surface area (Å²) in [5.74, 6) is 0. The van der Waals surface area contributed by atoms with Gasteiger partial charge in [0.05, 0.1) is 16.4 Å². The first-order valence-electron chi connectivity index (χ1n) is 24.1. The Hall–Kier alpha value is -8.63. The Kier molecular flexibility index (Phi) is 9.40. The standard InChI is InChI=1S/C67H44N2S/c1-4-18-45(19-5-1)46-38-40-51(41-39-46)68(49-20-6-2-7-21-49)52-42-43-57-62(44-52)69(50-22-8-3-9-23-50)61-31-17-25-53(65(57)61)47-34-36-48(37-35-47)54-26-16-27-56-55-24-10-11-28-58(55)67(66(54)56)59-29-12-14-32-63(59)70-64-33-15-13-30-60(64)67/h1-44H. The average molecular weight is 909 g/mol. The summed E-state index contributed by atoms with van der Waals surface area (Å²) < 4.78 is 2.44. The quantitative estimate of drug-likeness (QED) is 0.157. The highest BCUT2D eigenvalue weighted by atomic mass is 32.2. The van der Waals surface area contributed by atoms with E-state index in [0.29, 0.717) is 0 Å². The molecular formula is C67H44N2S. The number of para-hydroxylation sites is 2. The van der Waals surface area contributed by atoms with Crippen LogP contribution >= 0.6 is 11.8 Å². The lowest BCUT2D eigenvalue weighted by Gasteiger charge is -2.40. The molecule has 2 nitrogen and oxygen atoms in total. The summed E-state index contributed by atoms with van der Waals surface area (Å²) in [7, 11) is 0. The van der Waals surface area contributed by atoms with Gasteiger partial charge in [0, 0.05) is 43.3 Å². The van der Waals surface area contributed by atoms with Gasteiger partial charge in [0.1, 0.15) is 0 Å². The molecule has 11 aromatic carbocycles. The van der Waals surface area contributed by atoms with Crippen molar-refractivity contribution >= 4 is 50.6 Å². The summed E-state index contributed by atoms with van der Waals surface area (Å²) in [6.45, 7) is 0. The van der Waals surface area contributed by atoms with Gasteiger partial charge in [-0.25, -0.2) is 0 Å². The van der Waals surface area contributed by atoms with Gasteiger partial charge in [-0.3, -0.25) is 0 Å². The number of anilines is 3. The predicted octanol–water partition coefficient (Wildman–Crippen LogP) is 18.1. The van der Waals surface area contributed by atoms with Gasteiger partial charge in [0.15, 0.2) is 0 Å². The molecule has 0 saturated heterocycles. The summed E-state index contributed by atoms with van der Waals surface area (Å²) in [5.41, 5.74) is 21.6. The molecule has 328 valence electrons. The van der Waals surface area contributed by atoms with Crippen LogP contribution in [0.3, 0.4) is 0 Å². The maximum Gasteiger partial charge on any atom is 0.0741 e. The van der Waals surface area contributed by atoms with E-state index in [1.807, 2.05) is 11.8 Å². The molecule has 0 radical (unpaired) electrons. The summed E-state index contributed by atoms with van der Waals surface area (Å²) in [4.78, 5) is 5.00. The fourth-order valence-electron chi connectivity index (χ4n) is 11.7. The second-order valence-corrected chi connectivity index (χ2v) is 19.4. The van der Waals surface area contributed by atoms with Crippen molar-refractivity contribution in [2.24, 2.45) is 0 Å². The fourth-order valence-corrected chi connectivity index (χ4v) is 12.9. The number of nitrogens with zero attached hydrogens (tertiary/aromatic N) is 2. The fraction of sp³-hybridized carbons (Fsp3) is 0.0149. The first kappa shape index (κ1) is 40.4. The molecule has 0 amide bonds. The van der Waals surface area contributed by atoms with Gasteiger partial charge in [-0.15, -0.1) is 0 Å². The van der Waals surface area contributed by atoms with Crippen molar-refractivity contribution in [1.29, 1.82) is 0 Å². The molecule has 2 aliphatic rings.